The minimum absolute atomic E-state index is 0.139. The first-order chi connectivity index (χ1) is 34.6. The van der Waals surface area contributed by atoms with Crippen molar-refractivity contribution in [2.45, 2.75) is 44.9 Å². The SMILES string of the molecule is COc1cc(OCCNC(=O)CCOCCOCCOCCNC(=O)Nc2cccc3c2CN(C2CCC(=O)NC2=O)C3=O)ccc1CNC(=O)c1cccc(NCc2nnc(-c3ccncn3)n2C)c1. The molecule has 3 aromatic carbocycles. The molecule has 374 valence electrons. The number of piperidine rings is 1. The number of ether oxygens (including phenoxy) is 5. The molecular formula is C48H56N12O11. The van der Waals surface area contributed by atoms with Gasteiger partial charge in [0, 0.05) is 85.4 Å². The Morgan fingerprint density at radius 1 is 0.831 bits per heavy atom. The average molecular weight is 977 g/mol. The maximum absolute atomic E-state index is 13.1. The standard InChI is InChI=1S/C48H56N12O11/c1-59-41(57-58-44(59)38-13-15-49-30-54-38)28-52-33-6-3-5-31(25-33)45(63)53-27-32-9-10-34(26-40(32)67-2)71-20-17-50-42(61)14-18-68-21-23-70-24-22-69-19-16-51-48(66)55-37-8-4-7-35-36(37)29-60(47(35)65)39-11-12-43(62)56-46(39)64/h3-10,13,15,25-26,30,39,52H,11-12,14,16-24,27-29H2,1-2H3,(H,50,61)(H,53,63)(H2,51,55,66)(H,56,62,64). The summed E-state index contributed by atoms with van der Waals surface area (Å²) in [7, 11) is 3.40. The summed E-state index contributed by atoms with van der Waals surface area (Å²) in [6, 6.07) is 18.0. The molecule has 4 heterocycles. The van der Waals surface area contributed by atoms with E-state index in [0.29, 0.717) is 84.2 Å². The van der Waals surface area contributed by atoms with Crippen LogP contribution in [0.5, 0.6) is 11.5 Å². The number of nitrogens with one attached hydrogen (secondary N) is 6. The second-order valence-corrected chi connectivity index (χ2v) is 16.1. The molecule has 0 saturated carbocycles. The number of methoxy groups -OCH3 is 1. The number of urea groups is 1. The molecule has 0 spiro atoms. The highest BCUT2D eigenvalue weighted by atomic mass is 16.5. The molecule has 0 bridgehead atoms. The zero-order chi connectivity index (χ0) is 50.0. The number of amides is 7. The molecule has 1 fully saturated rings. The normalized spacial score (nSPS) is 14.1. The molecule has 23 heteroatoms. The lowest BCUT2D eigenvalue weighted by atomic mass is 10.0. The van der Waals surface area contributed by atoms with Crippen LogP contribution in [0.3, 0.4) is 0 Å². The molecular weight excluding hydrogens is 921 g/mol. The van der Waals surface area contributed by atoms with Crippen molar-refractivity contribution in [2.75, 3.05) is 77.1 Å². The van der Waals surface area contributed by atoms with Crippen LogP contribution in [0, 0.1) is 0 Å². The van der Waals surface area contributed by atoms with Crippen molar-refractivity contribution >= 4 is 46.9 Å². The highest BCUT2D eigenvalue weighted by Crippen LogP contribution is 2.32. The number of aromatic nitrogens is 5. The predicted molar refractivity (Wildman–Crippen MR) is 255 cm³/mol. The monoisotopic (exact) mass is 976 g/mol. The van der Waals surface area contributed by atoms with E-state index in [1.807, 2.05) is 23.7 Å². The quantitative estimate of drug-likeness (QED) is 0.0343. The third-order valence-electron chi connectivity index (χ3n) is 11.3. The van der Waals surface area contributed by atoms with E-state index >= 15 is 0 Å². The van der Waals surface area contributed by atoms with Crippen LogP contribution in [0.25, 0.3) is 11.5 Å². The molecule has 1 unspecified atom stereocenters. The van der Waals surface area contributed by atoms with Gasteiger partial charge in [-0.1, -0.05) is 12.1 Å². The summed E-state index contributed by atoms with van der Waals surface area (Å²) in [5, 5.41) is 25.3. The third kappa shape index (κ3) is 14.3. The smallest absolute Gasteiger partial charge is 0.319 e. The highest BCUT2D eigenvalue weighted by Gasteiger charge is 2.40. The first-order valence-electron chi connectivity index (χ1n) is 23.0. The summed E-state index contributed by atoms with van der Waals surface area (Å²) in [6.07, 6.45) is 3.67. The van der Waals surface area contributed by atoms with Crippen molar-refractivity contribution in [3.8, 4) is 23.0 Å². The fourth-order valence-corrected chi connectivity index (χ4v) is 7.61. The molecule has 5 aromatic rings. The van der Waals surface area contributed by atoms with Crippen molar-refractivity contribution in [3.63, 3.8) is 0 Å². The molecule has 71 heavy (non-hydrogen) atoms. The zero-order valence-corrected chi connectivity index (χ0v) is 39.4. The number of fused-ring (bicyclic) bond motifs is 1. The van der Waals surface area contributed by atoms with E-state index in [-0.39, 0.29) is 88.9 Å². The first kappa shape index (κ1) is 50.8. The van der Waals surface area contributed by atoms with Crippen molar-refractivity contribution in [2.24, 2.45) is 7.05 Å². The van der Waals surface area contributed by atoms with Gasteiger partial charge in [0.1, 0.15) is 36.2 Å². The Morgan fingerprint density at radius 2 is 1.62 bits per heavy atom. The molecule has 23 nitrogen and oxygen atoms in total. The van der Waals surface area contributed by atoms with Gasteiger partial charge in [0.25, 0.3) is 11.8 Å². The lowest BCUT2D eigenvalue weighted by Crippen LogP contribution is -2.52. The Labute approximate surface area is 408 Å². The van der Waals surface area contributed by atoms with Crippen LogP contribution in [-0.4, -0.2) is 138 Å². The number of hydrogen-bond donors (Lipinski definition) is 6. The maximum atomic E-state index is 13.1. The fraction of sp³-hybridized carbons (Fsp3) is 0.375. The second-order valence-electron chi connectivity index (χ2n) is 16.1. The van der Waals surface area contributed by atoms with Crippen molar-refractivity contribution < 1.29 is 52.5 Å². The van der Waals surface area contributed by atoms with Gasteiger partial charge in [-0.25, -0.2) is 14.8 Å². The molecule has 0 radical (unpaired) electrons. The topological polar surface area (TPSA) is 280 Å². The van der Waals surface area contributed by atoms with Gasteiger partial charge in [0.05, 0.1) is 59.8 Å². The van der Waals surface area contributed by atoms with E-state index in [1.54, 1.807) is 60.8 Å². The molecule has 1 saturated heterocycles. The third-order valence-corrected chi connectivity index (χ3v) is 11.3. The van der Waals surface area contributed by atoms with E-state index in [9.17, 15) is 28.8 Å². The summed E-state index contributed by atoms with van der Waals surface area (Å²) in [5.74, 6) is 0.754. The average Bonchev–Trinajstić information content (AvgIpc) is 3.92. The molecule has 2 aliphatic rings. The van der Waals surface area contributed by atoms with E-state index < -0.39 is 18.0 Å². The molecule has 2 aromatic heterocycles. The van der Waals surface area contributed by atoms with Crippen LogP contribution >= 0.6 is 0 Å². The number of rotatable bonds is 26. The fourth-order valence-electron chi connectivity index (χ4n) is 7.61. The lowest BCUT2D eigenvalue weighted by Gasteiger charge is -2.29. The molecule has 2 aliphatic heterocycles. The zero-order valence-electron chi connectivity index (χ0n) is 39.4. The van der Waals surface area contributed by atoms with Crippen molar-refractivity contribution in [1.29, 1.82) is 0 Å². The van der Waals surface area contributed by atoms with Gasteiger partial charge in [0.15, 0.2) is 11.6 Å². The molecule has 6 N–H and O–H groups in total. The number of imide groups is 1. The Kier molecular flexibility index (Phi) is 18.3. The van der Waals surface area contributed by atoms with Gasteiger partial charge in [0.2, 0.25) is 17.7 Å². The van der Waals surface area contributed by atoms with Crippen LogP contribution in [0.1, 0.15) is 56.9 Å². The molecule has 1 atom stereocenters. The van der Waals surface area contributed by atoms with Crippen molar-refractivity contribution in [1.82, 2.24) is 50.9 Å². The number of anilines is 2. The van der Waals surface area contributed by atoms with E-state index in [2.05, 4.69) is 52.1 Å². The van der Waals surface area contributed by atoms with Gasteiger partial charge in [-0.3, -0.25) is 29.3 Å². The number of hydrogen-bond acceptors (Lipinski definition) is 16. The predicted octanol–water partition coefficient (Wildman–Crippen LogP) is 2.34. The van der Waals surface area contributed by atoms with Gasteiger partial charge >= 0.3 is 6.03 Å². The molecule has 7 amide bonds. The van der Waals surface area contributed by atoms with E-state index in [0.717, 1.165) is 11.3 Å². The largest absolute Gasteiger partial charge is 0.496 e. The summed E-state index contributed by atoms with van der Waals surface area (Å²) < 4.78 is 29.8. The van der Waals surface area contributed by atoms with Crippen LogP contribution < -0.4 is 41.4 Å². The van der Waals surface area contributed by atoms with Gasteiger partial charge < -0.3 is 59.7 Å². The van der Waals surface area contributed by atoms with Crippen LogP contribution in [-0.2, 0) is 55.3 Å². The Balaban J connectivity index is 0.688. The van der Waals surface area contributed by atoms with Crippen LogP contribution in [0.4, 0.5) is 16.2 Å². The van der Waals surface area contributed by atoms with Gasteiger partial charge in [-0.15, -0.1) is 10.2 Å². The second kappa shape index (κ2) is 25.5. The van der Waals surface area contributed by atoms with E-state index in [1.165, 1.54) is 18.3 Å². The number of carbonyl (C=O) groups is 6. The van der Waals surface area contributed by atoms with Crippen LogP contribution in [0.15, 0.2) is 79.3 Å². The first-order valence-corrected chi connectivity index (χ1v) is 23.0. The molecule has 7 rings (SSSR count). The highest BCUT2D eigenvalue weighted by molar-refractivity contribution is 6.06. The minimum Gasteiger partial charge on any atom is -0.496 e. The molecule has 0 aliphatic carbocycles. The Bertz CT molecular complexity index is 2670. The summed E-state index contributed by atoms with van der Waals surface area (Å²) >= 11 is 0. The number of benzene rings is 3. The summed E-state index contributed by atoms with van der Waals surface area (Å²) in [5.41, 5.74) is 4.09. The summed E-state index contributed by atoms with van der Waals surface area (Å²) in [6.45, 7) is 3.14. The van der Waals surface area contributed by atoms with Gasteiger partial charge in [-0.2, -0.15) is 0 Å². The maximum Gasteiger partial charge on any atom is 0.319 e. The van der Waals surface area contributed by atoms with Crippen molar-refractivity contribution in [3.05, 3.63) is 107 Å². The Hall–Kier alpha value is -8.02. The minimum atomic E-state index is -0.750. The summed E-state index contributed by atoms with van der Waals surface area (Å²) in [4.78, 5) is 84.6. The lowest BCUT2D eigenvalue weighted by molar-refractivity contribution is -0.137. The van der Waals surface area contributed by atoms with Gasteiger partial charge in [-0.05, 0) is 55.0 Å². The van der Waals surface area contributed by atoms with E-state index in [4.69, 9.17) is 23.7 Å². The van der Waals surface area contributed by atoms with Crippen LogP contribution in [0.2, 0.25) is 0 Å². The number of carbonyl (C=O) groups excluding carboxylic acids is 6. The number of nitrogens with zero attached hydrogens (tertiary/aromatic N) is 6. The Morgan fingerprint density at radius 3 is 2.41 bits per heavy atom.